The molecule has 0 aliphatic heterocycles. The molecule has 1 aromatic rings. The smallest absolute Gasteiger partial charge is 0.0383 e. The van der Waals surface area contributed by atoms with E-state index < -0.39 is 0 Å². The van der Waals surface area contributed by atoms with Crippen molar-refractivity contribution in [2.24, 2.45) is 5.73 Å². The van der Waals surface area contributed by atoms with Gasteiger partial charge >= 0.3 is 0 Å². The third-order valence-corrected chi connectivity index (χ3v) is 3.28. The topological polar surface area (TPSA) is 29.3 Å². The number of anilines is 1. The quantitative estimate of drug-likeness (QED) is 0.867. The highest BCUT2D eigenvalue weighted by atomic mass is 15.2. The summed E-state index contributed by atoms with van der Waals surface area (Å²) in [5.74, 6) is 0. The fourth-order valence-electron chi connectivity index (χ4n) is 2.03. The molecule has 0 aliphatic carbocycles. The van der Waals surface area contributed by atoms with Gasteiger partial charge in [-0.2, -0.15) is 0 Å². The number of benzene rings is 1. The number of nitrogens with zero attached hydrogens (tertiary/aromatic N) is 1. The highest BCUT2D eigenvalue weighted by molar-refractivity contribution is 5.49. The van der Waals surface area contributed by atoms with Gasteiger partial charge in [0.1, 0.15) is 0 Å². The van der Waals surface area contributed by atoms with Crippen molar-refractivity contribution < 1.29 is 0 Å². The van der Waals surface area contributed by atoms with Crippen LogP contribution in [0.3, 0.4) is 0 Å². The molecule has 1 unspecified atom stereocenters. The van der Waals surface area contributed by atoms with Crippen LogP contribution in [0, 0.1) is 0 Å². The second-order valence-corrected chi connectivity index (χ2v) is 5.67. The summed E-state index contributed by atoms with van der Waals surface area (Å²) in [4.78, 5) is 2.34. The number of rotatable bonds is 4. The van der Waals surface area contributed by atoms with Crippen molar-refractivity contribution in [3.63, 3.8) is 0 Å². The number of hydrogen-bond acceptors (Lipinski definition) is 2. The van der Waals surface area contributed by atoms with Gasteiger partial charge in [0.25, 0.3) is 0 Å². The summed E-state index contributed by atoms with van der Waals surface area (Å²) in [5, 5.41) is 0. The molecule has 2 nitrogen and oxygen atoms in total. The average Bonchev–Trinajstić information content (AvgIpc) is 2.29. The molecule has 0 saturated carbocycles. The monoisotopic (exact) mass is 234 g/mol. The Morgan fingerprint density at radius 2 is 1.71 bits per heavy atom. The van der Waals surface area contributed by atoms with Gasteiger partial charge in [-0.05, 0) is 37.0 Å². The Morgan fingerprint density at radius 3 is 2.06 bits per heavy atom. The lowest BCUT2D eigenvalue weighted by atomic mass is 9.87. The van der Waals surface area contributed by atoms with Crippen molar-refractivity contribution >= 4 is 5.69 Å². The largest absolute Gasteiger partial charge is 0.368 e. The molecule has 0 radical (unpaired) electrons. The van der Waals surface area contributed by atoms with Crippen LogP contribution in [0.5, 0.6) is 0 Å². The molecule has 1 aromatic carbocycles. The Kier molecular flexibility index (Phi) is 4.58. The first-order chi connectivity index (χ1) is 7.90. The van der Waals surface area contributed by atoms with E-state index in [1.807, 2.05) is 0 Å². The molecule has 2 heteroatoms. The van der Waals surface area contributed by atoms with E-state index in [4.69, 9.17) is 5.73 Å². The first kappa shape index (κ1) is 14.0. The summed E-state index contributed by atoms with van der Waals surface area (Å²) in [6, 6.07) is 9.25. The van der Waals surface area contributed by atoms with E-state index in [-0.39, 0.29) is 5.41 Å². The van der Waals surface area contributed by atoms with E-state index in [2.05, 4.69) is 63.8 Å². The first-order valence-electron chi connectivity index (χ1n) is 6.47. The Morgan fingerprint density at radius 1 is 1.18 bits per heavy atom. The molecule has 0 aromatic heterocycles. The van der Waals surface area contributed by atoms with Crippen LogP contribution in [0.1, 0.15) is 40.2 Å². The Hall–Kier alpha value is -1.02. The van der Waals surface area contributed by atoms with Gasteiger partial charge in [0, 0.05) is 24.8 Å². The molecule has 0 saturated heterocycles. The number of nitrogens with two attached hydrogens (primary N) is 1. The van der Waals surface area contributed by atoms with Gasteiger partial charge in [-0.15, -0.1) is 0 Å². The predicted octanol–water partition coefficient (Wildman–Crippen LogP) is 3.16. The van der Waals surface area contributed by atoms with Crippen molar-refractivity contribution in [2.75, 3.05) is 18.0 Å². The van der Waals surface area contributed by atoms with Crippen LogP contribution in [0.4, 0.5) is 5.69 Å². The van der Waals surface area contributed by atoms with Gasteiger partial charge in [-0.3, -0.25) is 0 Å². The van der Waals surface area contributed by atoms with E-state index in [0.717, 1.165) is 6.54 Å². The average molecular weight is 234 g/mol. The van der Waals surface area contributed by atoms with E-state index in [1.165, 1.54) is 11.3 Å². The zero-order valence-electron chi connectivity index (χ0n) is 11.8. The second kappa shape index (κ2) is 5.54. The molecule has 0 bridgehead atoms. The fraction of sp³-hybridized carbons (Fsp3) is 0.600. The molecule has 1 rings (SSSR count). The van der Waals surface area contributed by atoms with E-state index in [0.29, 0.717) is 12.6 Å². The molecule has 0 spiro atoms. The Bertz CT molecular complexity index is 335. The molecule has 1 atom stereocenters. The minimum Gasteiger partial charge on any atom is -0.368 e. The molecule has 17 heavy (non-hydrogen) atoms. The van der Waals surface area contributed by atoms with E-state index in [9.17, 15) is 0 Å². The zero-order valence-corrected chi connectivity index (χ0v) is 11.8. The number of likely N-dealkylation sites (N-methyl/N-ethyl adjacent to an activating group) is 1. The Labute approximate surface area is 106 Å². The van der Waals surface area contributed by atoms with Crippen molar-refractivity contribution in [3.05, 3.63) is 29.8 Å². The molecular weight excluding hydrogens is 208 g/mol. The van der Waals surface area contributed by atoms with Crippen molar-refractivity contribution in [1.29, 1.82) is 0 Å². The molecule has 0 fully saturated rings. The maximum atomic E-state index is 5.74. The van der Waals surface area contributed by atoms with Gasteiger partial charge in [0.05, 0.1) is 0 Å². The third-order valence-electron chi connectivity index (χ3n) is 3.28. The van der Waals surface area contributed by atoms with Crippen LogP contribution in [0.2, 0.25) is 0 Å². The summed E-state index contributed by atoms with van der Waals surface area (Å²) in [7, 11) is 0. The molecular formula is C15H26N2. The van der Waals surface area contributed by atoms with Gasteiger partial charge in [-0.1, -0.05) is 32.9 Å². The molecule has 96 valence electrons. The van der Waals surface area contributed by atoms with Crippen LogP contribution >= 0.6 is 0 Å². The van der Waals surface area contributed by atoms with E-state index in [1.54, 1.807) is 0 Å². The third kappa shape index (κ3) is 3.47. The predicted molar refractivity (Wildman–Crippen MR) is 76.7 cm³/mol. The first-order valence-corrected chi connectivity index (χ1v) is 6.47. The lowest BCUT2D eigenvalue weighted by Crippen LogP contribution is -2.38. The van der Waals surface area contributed by atoms with Crippen molar-refractivity contribution in [2.45, 2.75) is 46.1 Å². The van der Waals surface area contributed by atoms with Crippen LogP contribution < -0.4 is 10.6 Å². The molecule has 0 amide bonds. The molecule has 2 N–H and O–H groups in total. The lowest BCUT2D eigenvalue weighted by Gasteiger charge is -2.30. The molecule has 0 heterocycles. The maximum Gasteiger partial charge on any atom is 0.0383 e. The standard InChI is InChI=1S/C15H26N2/c1-6-17(12(2)11-16)14-9-7-13(8-10-14)15(3,4)5/h7-10,12H,6,11,16H2,1-5H3. The number of hydrogen-bond donors (Lipinski definition) is 1. The molecule has 0 aliphatic rings. The Balaban J connectivity index is 2.93. The van der Waals surface area contributed by atoms with E-state index >= 15 is 0 Å². The highest BCUT2D eigenvalue weighted by Crippen LogP contribution is 2.25. The highest BCUT2D eigenvalue weighted by Gasteiger charge is 2.15. The SMILES string of the molecule is CCN(c1ccc(C(C)(C)C)cc1)C(C)CN. The minimum atomic E-state index is 0.217. The van der Waals surface area contributed by atoms with Crippen molar-refractivity contribution in [3.8, 4) is 0 Å². The summed E-state index contributed by atoms with van der Waals surface area (Å²) in [6.45, 7) is 12.7. The van der Waals surface area contributed by atoms with Crippen LogP contribution in [-0.4, -0.2) is 19.1 Å². The van der Waals surface area contributed by atoms with Gasteiger partial charge < -0.3 is 10.6 Å². The lowest BCUT2D eigenvalue weighted by molar-refractivity contribution is 0.589. The van der Waals surface area contributed by atoms with Crippen LogP contribution in [0.25, 0.3) is 0 Å². The maximum absolute atomic E-state index is 5.74. The summed E-state index contributed by atoms with van der Waals surface area (Å²) in [6.07, 6.45) is 0. The summed E-state index contributed by atoms with van der Waals surface area (Å²) < 4.78 is 0. The van der Waals surface area contributed by atoms with Crippen LogP contribution in [0.15, 0.2) is 24.3 Å². The summed E-state index contributed by atoms with van der Waals surface area (Å²) in [5.41, 5.74) is 8.60. The van der Waals surface area contributed by atoms with Crippen molar-refractivity contribution in [1.82, 2.24) is 0 Å². The summed E-state index contributed by atoms with van der Waals surface area (Å²) >= 11 is 0. The van der Waals surface area contributed by atoms with Gasteiger partial charge in [-0.25, -0.2) is 0 Å². The van der Waals surface area contributed by atoms with Gasteiger partial charge in [0.15, 0.2) is 0 Å². The second-order valence-electron chi connectivity index (χ2n) is 5.67. The minimum absolute atomic E-state index is 0.217. The normalized spacial score (nSPS) is 13.5. The van der Waals surface area contributed by atoms with Gasteiger partial charge in [0.2, 0.25) is 0 Å². The fourth-order valence-corrected chi connectivity index (χ4v) is 2.03. The van der Waals surface area contributed by atoms with Crippen LogP contribution in [-0.2, 0) is 5.41 Å². The zero-order chi connectivity index (χ0) is 13.1.